The number of nitrogens with one attached hydrogen (secondary N) is 2. The van der Waals surface area contributed by atoms with E-state index < -0.39 is 12.1 Å². The summed E-state index contributed by atoms with van der Waals surface area (Å²) in [5.41, 5.74) is 2.57. The molecule has 2 unspecified atom stereocenters. The average Bonchev–Trinajstić information content (AvgIpc) is 3.50. The minimum Gasteiger partial charge on any atom is -0.475 e. The van der Waals surface area contributed by atoms with Gasteiger partial charge in [0.15, 0.2) is 0 Å². The number of amides is 1. The zero-order valence-corrected chi connectivity index (χ0v) is 17.6. The Morgan fingerprint density at radius 1 is 1.19 bits per heavy atom. The van der Waals surface area contributed by atoms with E-state index in [1.54, 1.807) is 6.20 Å². The molecule has 1 aromatic carbocycles. The van der Waals surface area contributed by atoms with Gasteiger partial charge >= 0.3 is 12.1 Å². The second-order valence-electron chi connectivity index (χ2n) is 7.91. The molecule has 1 aromatic heterocycles. The average molecular weight is 453 g/mol. The van der Waals surface area contributed by atoms with Crippen molar-refractivity contribution in [3.05, 3.63) is 42.2 Å². The standard InChI is InChI=1S/C19H25N5O.C2HF3O2/c1-14-3-2-9-24(14)18-8-10-23(13-18)17-6-4-16(5-7-17)22-19(25)15-11-20-21-12-15;3-2(4,5)1(6)7/h4-7,11-12,14,18H,2-3,8-10,13H2,1H3,(H,20,21)(H,22,25);(H,6,7). The van der Waals surface area contributed by atoms with Gasteiger partial charge in [-0.1, -0.05) is 0 Å². The number of benzene rings is 1. The number of likely N-dealkylation sites (tertiary alicyclic amines) is 1. The van der Waals surface area contributed by atoms with Crippen LogP contribution in [0, 0.1) is 0 Å². The van der Waals surface area contributed by atoms with Gasteiger partial charge in [-0.25, -0.2) is 4.79 Å². The summed E-state index contributed by atoms with van der Waals surface area (Å²) in [6, 6.07) is 9.54. The molecule has 8 nitrogen and oxygen atoms in total. The lowest BCUT2D eigenvalue weighted by atomic mass is 10.2. The van der Waals surface area contributed by atoms with Crippen LogP contribution in [0.1, 0.15) is 36.5 Å². The van der Waals surface area contributed by atoms with Crippen molar-refractivity contribution in [2.24, 2.45) is 0 Å². The molecule has 2 saturated heterocycles. The number of anilines is 2. The van der Waals surface area contributed by atoms with Crippen LogP contribution in [-0.2, 0) is 4.79 Å². The molecule has 3 heterocycles. The molecule has 2 atom stereocenters. The number of aromatic amines is 1. The number of halogens is 3. The molecule has 1 amide bonds. The first-order valence-corrected chi connectivity index (χ1v) is 10.4. The normalized spacial score (nSPS) is 21.2. The Labute approximate surface area is 183 Å². The highest BCUT2D eigenvalue weighted by Crippen LogP contribution is 2.28. The van der Waals surface area contributed by atoms with E-state index in [1.807, 2.05) is 12.1 Å². The van der Waals surface area contributed by atoms with E-state index >= 15 is 0 Å². The third-order valence-corrected chi connectivity index (χ3v) is 5.73. The number of aliphatic carboxylic acids is 1. The van der Waals surface area contributed by atoms with Gasteiger partial charge in [0, 0.05) is 42.7 Å². The van der Waals surface area contributed by atoms with Crippen LogP contribution in [0.5, 0.6) is 0 Å². The van der Waals surface area contributed by atoms with Crippen molar-refractivity contribution in [1.82, 2.24) is 15.1 Å². The summed E-state index contributed by atoms with van der Waals surface area (Å²) in [4.78, 5) is 26.1. The summed E-state index contributed by atoms with van der Waals surface area (Å²) in [6.07, 6.45) is 1.94. The van der Waals surface area contributed by atoms with Gasteiger partial charge in [0.25, 0.3) is 5.91 Å². The fraction of sp³-hybridized carbons (Fsp3) is 0.476. The van der Waals surface area contributed by atoms with Crippen LogP contribution in [-0.4, -0.2) is 70.0 Å². The number of rotatable bonds is 4. The zero-order valence-electron chi connectivity index (χ0n) is 17.6. The lowest BCUT2D eigenvalue weighted by Gasteiger charge is -2.28. The molecule has 2 aromatic rings. The highest BCUT2D eigenvalue weighted by molar-refractivity contribution is 6.03. The van der Waals surface area contributed by atoms with Gasteiger partial charge in [0.05, 0.1) is 11.8 Å². The quantitative estimate of drug-likeness (QED) is 0.656. The molecule has 11 heteroatoms. The summed E-state index contributed by atoms with van der Waals surface area (Å²) < 4.78 is 31.7. The van der Waals surface area contributed by atoms with E-state index in [1.165, 1.54) is 37.7 Å². The largest absolute Gasteiger partial charge is 0.490 e. The van der Waals surface area contributed by atoms with Gasteiger partial charge < -0.3 is 15.3 Å². The van der Waals surface area contributed by atoms with E-state index in [2.05, 4.69) is 44.4 Å². The molecule has 3 N–H and O–H groups in total. The van der Waals surface area contributed by atoms with Crippen molar-refractivity contribution in [3.8, 4) is 0 Å². The summed E-state index contributed by atoms with van der Waals surface area (Å²) in [5.74, 6) is -2.90. The molecule has 0 spiro atoms. The molecule has 2 fully saturated rings. The second kappa shape index (κ2) is 10.0. The van der Waals surface area contributed by atoms with Crippen molar-refractivity contribution >= 4 is 23.3 Å². The Morgan fingerprint density at radius 3 is 2.41 bits per heavy atom. The maximum Gasteiger partial charge on any atom is 0.490 e. The van der Waals surface area contributed by atoms with Crippen molar-refractivity contribution in [2.75, 3.05) is 29.9 Å². The van der Waals surface area contributed by atoms with Gasteiger partial charge in [0.2, 0.25) is 0 Å². The van der Waals surface area contributed by atoms with Gasteiger partial charge in [-0.2, -0.15) is 18.3 Å². The molecule has 174 valence electrons. The number of hydrogen-bond donors (Lipinski definition) is 3. The number of alkyl halides is 3. The van der Waals surface area contributed by atoms with Gasteiger partial charge in [-0.05, 0) is 57.0 Å². The number of hydrogen-bond acceptors (Lipinski definition) is 5. The maximum absolute atomic E-state index is 12.1. The topological polar surface area (TPSA) is 102 Å². The van der Waals surface area contributed by atoms with Crippen LogP contribution in [0.3, 0.4) is 0 Å². The third kappa shape index (κ3) is 6.00. The Kier molecular flexibility index (Phi) is 7.39. The fourth-order valence-electron chi connectivity index (χ4n) is 4.08. The molecule has 0 saturated carbocycles. The summed E-state index contributed by atoms with van der Waals surface area (Å²) >= 11 is 0. The molecule has 0 radical (unpaired) electrons. The fourth-order valence-corrected chi connectivity index (χ4v) is 4.08. The van der Waals surface area contributed by atoms with Crippen molar-refractivity contribution < 1.29 is 27.9 Å². The first-order valence-electron chi connectivity index (χ1n) is 10.4. The number of carbonyl (C=O) groups is 2. The van der Waals surface area contributed by atoms with Gasteiger partial charge in [-0.3, -0.25) is 14.8 Å². The Bertz CT molecular complexity index is 902. The molecule has 2 aliphatic rings. The SMILES string of the molecule is CC1CCCN1C1CCN(c2ccc(NC(=O)c3cn[nH]c3)cc2)C1.O=C(O)C(F)(F)F. The maximum atomic E-state index is 12.1. The van der Waals surface area contributed by atoms with Crippen LogP contribution in [0.2, 0.25) is 0 Å². The number of nitrogens with zero attached hydrogens (tertiary/aromatic N) is 3. The van der Waals surface area contributed by atoms with E-state index in [4.69, 9.17) is 9.90 Å². The molecule has 4 rings (SSSR count). The number of carboxylic acid groups (broad SMARTS) is 1. The van der Waals surface area contributed by atoms with Gasteiger partial charge in [-0.15, -0.1) is 0 Å². The molecule has 2 aliphatic heterocycles. The second-order valence-corrected chi connectivity index (χ2v) is 7.91. The van der Waals surface area contributed by atoms with E-state index in [0.29, 0.717) is 11.6 Å². The van der Waals surface area contributed by atoms with Crippen molar-refractivity contribution in [2.45, 2.75) is 44.4 Å². The summed E-state index contributed by atoms with van der Waals surface area (Å²) in [5, 5.41) is 16.5. The molecule has 0 aliphatic carbocycles. The number of H-pyrrole nitrogens is 1. The molecular formula is C21H26F3N5O3. The molecular weight excluding hydrogens is 427 g/mol. The lowest BCUT2D eigenvalue weighted by Crippen LogP contribution is -2.39. The van der Waals surface area contributed by atoms with Crippen molar-refractivity contribution in [1.29, 1.82) is 0 Å². The van der Waals surface area contributed by atoms with Crippen LogP contribution in [0.25, 0.3) is 0 Å². The van der Waals surface area contributed by atoms with Crippen LogP contribution >= 0.6 is 0 Å². The number of carbonyl (C=O) groups excluding carboxylic acids is 1. The highest BCUT2D eigenvalue weighted by atomic mass is 19.4. The van der Waals surface area contributed by atoms with E-state index in [-0.39, 0.29) is 5.91 Å². The first kappa shape index (κ1) is 23.6. The molecule has 0 bridgehead atoms. The van der Waals surface area contributed by atoms with Crippen molar-refractivity contribution in [3.63, 3.8) is 0 Å². The number of carboxylic acids is 1. The van der Waals surface area contributed by atoms with Crippen LogP contribution in [0.15, 0.2) is 36.7 Å². The Balaban J connectivity index is 0.000000360. The summed E-state index contributed by atoms with van der Waals surface area (Å²) in [7, 11) is 0. The predicted molar refractivity (Wildman–Crippen MR) is 113 cm³/mol. The first-order chi connectivity index (χ1) is 15.1. The Hall–Kier alpha value is -3.08. The highest BCUT2D eigenvalue weighted by Gasteiger charge is 2.38. The van der Waals surface area contributed by atoms with E-state index in [0.717, 1.165) is 24.8 Å². The summed E-state index contributed by atoms with van der Waals surface area (Å²) in [6.45, 7) is 5.81. The van der Waals surface area contributed by atoms with Crippen LogP contribution < -0.4 is 10.2 Å². The van der Waals surface area contributed by atoms with E-state index in [9.17, 15) is 18.0 Å². The smallest absolute Gasteiger partial charge is 0.475 e. The predicted octanol–water partition coefficient (Wildman–Crippen LogP) is 3.36. The van der Waals surface area contributed by atoms with Crippen LogP contribution in [0.4, 0.5) is 24.5 Å². The molecule has 32 heavy (non-hydrogen) atoms. The monoisotopic (exact) mass is 453 g/mol. The minimum atomic E-state index is -5.08. The third-order valence-electron chi connectivity index (χ3n) is 5.73. The van der Waals surface area contributed by atoms with Gasteiger partial charge in [0.1, 0.15) is 0 Å². The Morgan fingerprint density at radius 2 is 1.88 bits per heavy atom. The zero-order chi connectivity index (χ0) is 23.3. The number of aromatic nitrogens is 2. The lowest BCUT2D eigenvalue weighted by molar-refractivity contribution is -0.192. The minimum absolute atomic E-state index is 0.147.